The van der Waals surface area contributed by atoms with Gasteiger partial charge in [0.2, 0.25) is 11.8 Å². The van der Waals surface area contributed by atoms with E-state index in [1.54, 1.807) is 6.92 Å². The van der Waals surface area contributed by atoms with Crippen LogP contribution in [0.2, 0.25) is 0 Å². The fourth-order valence-corrected chi connectivity index (χ4v) is 2.05. The molecule has 1 aliphatic rings. The number of aromatic nitrogens is 2. The van der Waals surface area contributed by atoms with Crippen molar-refractivity contribution in [1.82, 2.24) is 14.9 Å². The second kappa shape index (κ2) is 5.94. The maximum Gasteiger partial charge on any atom is 0.331 e. The molecule has 0 radical (unpaired) electrons. The highest BCUT2D eigenvalue weighted by molar-refractivity contribution is 5.76. The van der Waals surface area contributed by atoms with Crippen LogP contribution in [0, 0.1) is 0 Å². The Balaban J connectivity index is 2.00. The SMILES string of the molecule is CCc1c(O)n(CCCC(=O)NC2CC2)c(=O)[nH]c1=O. The van der Waals surface area contributed by atoms with Crippen molar-refractivity contribution in [3.8, 4) is 5.88 Å². The first-order valence-electron chi connectivity index (χ1n) is 6.87. The molecule has 0 aromatic carbocycles. The molecule has 1 aromatic rings. The number of rotatable bonds is 6. The molecule has 0 saturated heterocycles. The molecule has 20 heavy (non-hydrogen) atoms. The van der Waals surface area contributed by atoms with Gasteiger partial charge in [-0.2, -0.15) is 0 Å². The monoisotopic (exact) mass is 281 g/mol. The van der Waals surface area contributed by atoms with Crippen LogP contribution in [-0.4, -0.2) is 26.6 Å². The van der Waals surface area contributed by atoms with Crippen molar-refractivity contribution in [3.05, 3.63) is 26.4 Å². The van der Waals surface area contributed by atoms with Crippen LogP contribution in [0.5, 0.6) is 5.88 Å². The minimum absolute atomic E-state index is 0.0415. The number of aromatic amines is 1. The van der Waals surface area contributed by atoms with Crippen LogP contribution in [0.4, 0.5) is 0 Å². The van der Waals surface area contributed by atoms with Crippen LogP contribution in [0.15, 0.2) is 9.59 Å². The Kier molecular flexibility index (Phi) is 4.26. The lowest BCUT2D eigenvalue weighted by molar-refractivity contribution is -0.121. The number of H-pyrrole nitrogens is 1. The third-order valence-corrected chi connectivity index (χ3v) is 3.35. The van der Waals surface area contributed by atoms with Gasteiger partial charge in [-0.25, -0.2) is 4.79 Å². The Hall–Kier alpha value is -2.05. The normalized spacial score (nSPS) is 14.2. The van der Waals surface area contributed by atoms with Crippen LogP contribution >= 0.6 is 0 Å². The van der Waals surface area contributed by atoms with Gasteiger partial charge in [0, 0.05) is 19.0 Å². The summed E-state index contributed by atoms with van der Waals surface area (Å²) in [7, 11) is 0. The molecule has 1 amide bonds. The van der Waals surface area contributed by atoms with Gasteiger partial charge in [0.25, 0.3) is 5.56 Å². The van der Waals surface area contributed by atoms with Crippen LogP contribution < -0.4 is 16.6 Å². The first-order valence-corrected chi connectivity index (χ1v) is 6.87. The van der Waals surface area contributed by atoms with Gasteiger partial charge in [0.1, 0.15) is 0 Å². The zero-order valence-electron chi connectivity index (χ0n) is 11.4. The predicted octanol–water partition coefficient (Wildman–Crippen LogP) is -0.137. The van der Waals surface area contributed by atoms with Crippen LogP contribution in [0.3, 0.4) is 0 Å². The summed E-state index contributed by atoms with van der Waals surface area (Å²) >= 11 is 0. The zero-order valence-corrected chi connectivity index (χ0v) is 11.4. The zero-order chi connectivity index (χ0) is 14.7. The highest BCUT2D eigenvalue weighted by Crippen LogP contribution is 2.18. The number of nitrogens with one attached hydrogen (secondary N) is 2. The highest BCUT2D eigenvalue weighted by Gasteiger charge is 2.22. The highest BCUT2D eigenvalue weighted by atomic mass is 16.3. The predicted molar refractivity (Wildman–Crippen MR) is 72.8 cm³/mol. The van der Waals surface area contributed by atoms with Crippen molar-refractivity contribution in [2.24, 2.45) is 0 Å². The van der Waals surface area contributed by atoms with Crippen LogP contribution in [0.25, 0.3) is 0 Å². The molecular formula is C13H19N3O4. The van der Waals surface area contributed by atoms with Gasteiger partial charge >= 0.3 is 5.69 Å². The Morgan fingerprint density at radius 2 is 2.15 bits per heavy atom. The summed E-state index contributed by atoms with van der Waals surface area (Å²) in [6.07, 6.45) is 3.13. The second-order valence-electron chi connectivity index (χ2n) is 5.01. The maximum atomic E-state index is 11.6. The molecule has 0 unspecified atom stereocenters. The first-order chi connectivity index (χ1) is 9.52. The fourth-order valence-electron chi connectivity index (χ4n) is 2.05. The molecule has 1 fully saturated rings. The number of amides is 1. The summed E-state index contributed by atoms with van der Waals surface area (Å²) in [4.78, 5) is 36.8. The van der Waals surface area contributed by atoms with Gasteiger partial charge < -0.3 is 10.4 Å². The molecule has 2 rings (SSSR count). The van der Waals surface area contributed by atoms with E-state index in [9.17, 15) is 19.5 Å². The smallest absolute Gasteiger partial charge is 0.331 e. The van der Waals surface area contributed by atoms with E-state index in [0.717, 1.165) is 17.4 Å². The minimum atomic E-state index is -0.646. The van der Waals surface area contributed by atoms with Gasteiger partial charge in [-0.15, -0.1) is 0 Å². The minimum Gasteiger partial charge on any atom is -0.494 e. The largest absolute Gasteiger partial charge is 0.494 e. The molecule has 7 nitrogen and oxygen atoms in total. The number of nitrogens with zero attached hydrogens (tertiary/aromatic N) is 1. The number of carbonyl (C=O) groups is 1. The number of aromatic hydroxyl groups is 1. The average Bonchev–Trinajstić information content (AvgIpc) is 3.17. The van der Waals surface area contributed by atoms with Gasteiger partial charge in [0.15, 0.2) is 0 Å². The second-order valence-corrected chi connectivity index (χ2v) is 5.01. The lowest BCUT2D eigenvalue weighted by Gasteiger charge is -2.10. The van der Waals surface area contributed by atoms with Gasteiger partial charge in [-0.05, 0) is 25.7 Å². The molecule has 1 aromatic heterocycles. The van der Waals surface area contributed by atoms with Crippen LogP contribution in [0.1, 0.15) is 38.2 Å². The third-order valence-electron chi connectivity index (χ3n) is 3.35. The van der Waals surface area contributed by atoms with E-state index < -0.39 is 11.2 Å². The molecular weight excluding hydrogens is 262 g/mol. The van der Waals surface area contributed by atoms with E-state index in [2.05, 4.69) is 10.3 Å². The summed E-state index contributed by atoms with van der Waals surface area (Å²) in [5, 5.41) is 12.8. The van der Waals surface area contributed by atoms with Crippen molar-refractivity contribution in [2.45, 2.75) is 51.6 Å². The lowest BCUT2D eigenvalue weighted by atomic mass is 10.2. The molecule has 3 N–H and O–H groups in total. The van der Waals surface area contributed by atoms with E-state index in [1.165, 1.54) is 0 Å². The quantitative estimate of drug-likeness (QED) is 0.675. The summed E-state index contributed by atoms with van der Waals surface area (Å²) in [5.74, 6) is -0.343. The molecule has 1 saturated carbocycles. The molecule has 0 atom stereocenters. The Morgan fingerprint density at radius 1 is 1.45 bits per heavy atom. The molecule has 0 bridgehead atoms. The Morgan fingerprint density at radius 3 is 2.75 bits per heavy atom. The standard InChI is InChI=1S/C13H19N3O4/c1-2-9-11(18)15-13(20)16(12(9)19)7-3-4-10(17)14-8-5-6-8/h8,19H,2-7H2,1H3,(H,14,17)(H,15,18,20). The van der Waals surface area contributed by atoms with E-state index in [1.807, 2.05) is 0 Å². The van der Waals surface area contributed by atoms with E-state index in [-0.39, 0.29) is 23.9 Å². The first kappa shape index (κ1) is 14.4. The van der Waals surface area contributed by atoms with E-state index in [0.29, 0.717) is 25.3 Å². The molecule has 0 aliphatic heterocycles. The van der Waals surface area contributed by atoms with Crippen LogP contribution in [-0.2, 0) is 17.8 Å². The van der Waals surface area contributed by atoms with Crippen molar-refractivity contribution in [1.29, 1.82) is 0 Å². The topological polar surface area (TPSA) is 104 Å². The Labute approximate surface area is 115 Å². The molecule has 1 heterocycles. The van der Waals surface area contributed by atoms with Crippen molar-refractivity contribution in [3.63, 3.8) is 0 Å². The van der Waals surface area contributed by atoms with Crippen molar-refractivity contribution >= 4 is 5.91 Å². The summed E-state index contributed by atoms with van der Waals surface area (Å²) in [6.45, 7) is 1.93. The summed E-state index contributed by atoms with van der Waals surface area (Å²) in [5.41, 5.74) is -1.02. The number of hydrogen-bond donors (Lipinski definition) is 3. The van der Waals surface area contributed by atoms with Crippen molar-refractivity contribution < 1.29 is 9.90 Å². The third kappa shape index (κ3) is 3.28. The summed E-state index contributed by atoms with van der Waals surface area (Å²) < 4.78 is 1.10. The van der Waals surface area contributed by atoms with Gasteiger partial charge in [-0.3, -0.25) is 19.1 Å². The van der Waals surface area contributed by atoms with E-state index in [4.69, 9.17) is 0 Å². The number of hydrogen-bond acceptors (Lipinski definition) is 4. The molecule has 7 heteroatoms. The Bertz CT molecular complexity index is 613. The molecule has 1 aliphatic carbocycles. The lowest BCUT2D eigenvalue weighted by Crippen LogP contribution is -2.32. The van der Waals surface area contributed by atoms with E-state index >= 15 is 0 Å². The van der Waals surface area contributed by atoms with Gasteiger partial charge in [0.05, 0.1) is 5.56 Å². The van der Waals surface area contributed by atoms with Gasteiger partial charge in [-0.1, -0.05) is 6.92 Å². The maximum absolute atomic E-state index is 11.6. The fraction of sp³-hybridized carbons (Fsp3) is 0.615. The average molecular weight is 281 g/mol. The summed E-state index contributed by atoms with van der Waals surface area (Å²) in [6, 6.07) is 0.318. The molecule has 110 valence electrons. The number of carbonyl (C=O) groups excluding carboxylic acids is 1. The molecule has 0 spiro atoms. The van der Waals surface area contributed by atoms with Crippen molar-refractivity contribution in [2.75, 3.05) is 0 Å².